The molecule has 0 bridgehead atoms. The van der Waals surface area contributed by atoms with Crippen LogP contribution in [0.15, 0.2) is 52.9 Å². The normalized spacial score (nSPS) is 15.0. The van der Waals surface area contributed by atoms with Gasteiger partial charge in [-0.05, 0) is 19.9 Å². The number of dihydropyridines is 1. The standard InChI is InChI=1S/C19H20N2O6/c1-11-16(18(22)26-3)14(17(12(2)20-11)19(23)27-4)10-9-13-7-5-6-8-15(13)21(24)25/h5-10,14,20H,1-4H3/b10-9+. The van der Waals surface area contributed by atoms with Crippen LogP contribution >= 0.6 is 0 Å². The van der Waals surface area contributed by atoms with Gasteiger partial charge in [0.25, 0.3) is 5.69 Å². The Kier molecular flexibility index (Phi) is 6.12. The summed E-state index contributed by atoms with van der Waals surface area (Å²) in [7, 11) is 2.49. The summed E-state index contributed by atoms with van der Waals surface area (Å²) in [5.74, 6) is -1.98. The van der Waals surface area contributed by atoms with Crippen molar-refractivity contribution in [2.45, 2.75) is 13.8 Å². The zero-order valence-corrected chi connectivity index (χ0v) is 15.4. The third-order valence-electron chi connectivity index (χ3n) is 4.22. The van der Waals surface area contributed by atoms with Crippen LogP contribution in [0.1, 0.15) is 19.4 Å². The average molecular weight is 372 g/mol. The van der Waals surface area contributed by atoms with Gasteiger partial charge in [0.15, 0.2) is 0 Å². The molecule has 1 aromatic carbocycles. The molecule has 142 valence electrons. The molecule has 1 N–H and O–H groups in total. The summed E-state index contributed by atoms with van der Waals surface area (Å²) in [6.45, 7) is 3.38. The fraction of sp³-hybridized carbons (Fsp3) is 0.263. The Labute approximate surface area is 156 Å². The number of nitrogens with one attached hydrogen (secondary N) is 1. The highest BCUT2D eigenvalue weighted by molar-refractivity contribution is 5.98. The monoisotopic (exact) mass is 372 g/mol. The van der Waals surface area contributed by atoms with Crippen LogP contribution in [-0.4, -0.2) is 31.1 Å². The van der Waals surface area contributed by atoms with Gasteiger partial charge in [-0.15, -0.1) is 0 Å². The lowest BCUT2D eigenvalue weighted by Gasteiger charge is -2.27. The third-order valence-corrected chi connectivity index (χ3v) is 4.22. The summed E-state index contributed by atoms with van der Waals surface area (Å²) in [6, 6.07) is 6.19. The number of nitrogens with zero attached hydrogens (tertiary/aromatic N) is 1. The molecule has 0 unspecified atom stereocenters. The highest BCUT2D eigenvalue weighted by atomic mass is 16.6. The van der Waals surface area contributed by atoms with Crippen molar-refractivity contribution in [1.29, 1.82) is 0 Å². The van der Waals surface area contributed by atoms with Crippen LogP contribution in [0, 0.1) is 16.0 Å². The van der Waals surface area contributed by atoms with E-state index in [0.717, 1.165) is 0 Å². The van der Waals surface area contributed by atoms with Gasteiger partial charge in [0.1, 0.15) is 0 Å². The van der Waals surface area contributed by atoms with Crippen molar-refractivity contribution in [2.75, 3.05) is 14.2 Å². The van der Waals surface area contributed by atoms with E-state index < -0.39 is 22.8 Å². The number of esters is 2. The molecule has 1 aliphatic rings. The summed E-state index contributed by atoms with van der Waals surface area (Å²) in [4.78, 5) is 35.3. The molecule has 0 fully saturated rings. The Morgan fingerprint density at radius 3 is 2.07 bits per heavy atom. The molecule has 0 atom stereocenters. The lowest BCUT2D eigenvalue weighted by Crippen LogP contribution is -2.32. The number of ether oxygens (including phenoxy) is 2. The quantitative estimate of drug-likeness (QED) is 0.481. The van der Waals surface area contributed by atoms with Crippen molar-refractivity contribution in [1.82, 2.24) is 5.32 Å². The van der Waals surface area contributed by atoms with Gasteiger partial charge in [-0.3, -0.25) is 10.1 Å². The van der Waals surface area contributed by atoms with Crippen LogP contribution in [0.2, 0.25) is 0 Å². The number of nitro groups is 1. The highest BCUT2D eigenvalue weighted by Gasteiger charge is 2.34. The van der Waals surface area contributed by atoms with E-state index in [0.29, 0.717) is 17.0 Å². The maximum absolute atomic E-state index is 12.3. The molecule has 8 nitrogen and oxygen atoms in total. The van der Waals surface area contributed by atoms with Gasteiger partial charge < -0.3 is 14.8 Å². The Morgan fingerprint density at radius 2 is 1.59 bits per heavy atom. The van der Waals surface area contributed by atoms with Crippen molar-refractivity contribution in [3.05, 3.63) is 68.6 Å². The fourth-order valence-corrected chi connectivity index (χ4v) is 2.99. The molecule has 0 saturated carbocycles. The van der Waals surface area contributed by atoms with Crippen molar-refractivity contribution in [3.63, 3.8) is 0 Å². The van der Waals surface area contributed by atoms with Crippen molar-refractivity contribution in [2.24, 2.45) is 5.92 Å². The number of benzene rings is 1. The molecule has 8 heteroatoms. The van der Waals surface area contributed by atoms with Gasteiger partial charge in [-0.25, -0.2) is 9.59 Å². The zero-order chi connectivity index (χ0) is 20.1. The van der Waals surface area contributed by atoms with Crippen LogP contribution in [0.3, 0.4) is 0 Å². The number of carbonyl (C=O) groups excluding carboxylic acids is 2. The predicted octanol–water partition coefficient (Wildman–Crippen LogP) is 2.72. The van der Waals surface area contributed by atoms with E-state index in [1.54, 1.807) is 38.1 Å². The van der Waals surface area contributed by atoms with Crippen LogP contribution in [0.25, 0.3) is 6.08 Å². The number of methoxy groups -OCH3 is 2. The largest absolute Gasteiger partial charge is 0.466 e. The molecule has 1 aliphatic heterocycles. The number of hydrogen-bond acceptors (Lipinski definition) is 7. The van der Waals surface area contributed by atoms with Crippen LogP contribution in [0.4, 0.5) is 5.69 Å². The van der Waals surface area contributed by atoms with Crippen LogP contribution in [-0.2, 0) is 19.1 Å². The number of hydrogen-bond donors (Lipinski definition) is 1. The molecule has 0 amide bonds. The average Bonchev–Trinajstić information content (AvgIpc) is 2.65. The highest BCUT2D eigenvalue weighted by Crippen LogP contribution is 2.33. The number of para-hydroxylation sites is 1. The van der Waals surface area contributed by atoms with E-state index in [-0.39, 0.29) is 16.8 Å². The van der Waals surface area contributed by atoms with Gasteiger partial charge >= 0.3 is 11.9 Å². The number of nitro benzene ring substituents is 1. The van der Waals surface area contributed by atoms with Crippen LogP contribution < -0.4 is 5.32 Å². The minimum absolute atomic E-state index is 0.0803. The zero-order valence-electron chi connectivity index (χ0n) is 15.4. The van der Waals surface area contributed by atoms with E-state index in [1.165, 1.54) is 26.4 Å². The molecule has 0 saturated heterocycles. The number of carbonyl (C=O) groups is 2. The molecule has 1 heterocycles. The van der Waals surface area contributed by atoms with Gasteiger partial charge in [-0.1, -0.05) is 24.3 Å². The SMILES string of the molecule is COC(=O)C1=C(C)NC(C)=C(C(=O)OC)C1/C=C/c1ccccc1[N+](=O)[O-]. The summed E-state index contributed by atoms with van der Waals surface area (Å²) >= 11 is 0. The van der Waals surface area contributed by atoms with Gasteiger partial charge in [-0.2, -0.15) is 0 Å². The van der Waals surface area contributed by atoms with Gasteiger partial charge in [0.05, 0.1) is 35.9 Å². The second-order valence-electron chi connectivity index (χ2n) is 5.84. The Balaban J connectivity index is 2.59. The first-order valence-corrected chi connectivity index (χ1v) is 8.08. The second-order valence-corrected chi connectivity index (χ2v) is 5.84. The van der Waals surface area contributed by atoms with E-state index in [9.17, 15) is 19.7 Å². The maximum atomic E-state index is 12.3. The lowest BCUT2D eigenvalue weighted by molar-refractivity contribution is -0.385. The first-order chi connectivity index (χ1) is 12.8. The molecule has 0 aliphatic carbocycles. The summed E-state index contributed by atoms with van der Waals surface area (Å²) in [6.07, 6.45) is 3.08. The molecule has 0 spiro atoms. The minimum Gasteiger partial charge on any atom is -0.466 e. The fourth-order valence-electron chi connectivity index (χ4n) is 2.99. The van der Waals surface area contributed by atoms with Gasteiger partial charge in [0.2, 0.25) is 0 Å². The van der Waals surface area contributed by atoms with E-state index >= 15 is 0 Å². The summed E-state index contributed by atoms with van der Waals surface area (Å²) in [5.41, 5.74) is 1.80. The molecule has 0 radical (unpaired) electrons. The third kappa shape index (κ3) is 4.05. The molecular formula is C19H20N2O6. The molecule has 0 aromatic heterocycles. The topological polar surface area (TPSA) is 108 Å². The Morgan fingerprint density at radius 1 is 1.07 bits per heavy atom. The Bertz CT molecular complexity index is 844. The molecule has 2 rings (SSSR count). The maximum Gasteiger partial charge on any atom is 0.336 e. The number of rotatable bonds is 5. The van der Waals surface area contributed by atoms with E-state index in [4.69, 9.17) is 9.47 Å². The summed E-state index contributed by atoms with van der Waals surface area (Å²) < 4.78 is 9.70. The van der Waals surface area contributed by atoms with E-state index in [1.807, 2.05) is 0 Å². The first-order valence-electron chi connectivity index (χ1n) is 8.08. The second kappa shape index (κ2) is 8.31. The molecule has 1 aromatic rings. The number of allylic oxidation sites excluding steroid dienone is 3. The van der Waals surface area contributed by atoms with Crippen LogP contribution in [0.5, 0.6) is 0 Å². The van der Waals surface area contributed by atoms with Crippen molar-refractivity contribution in [3.8, 4) is 0 Å². The van der Waals surface area contributed by atoms with Crippen molar-refractivity contribution >= 4 is 23.7 Å². The molecular weight excluding hydrogens is 352 g/mol. The minimum atomic E-state index is -0.772. The van der Waals surface area contributed by atoms with Gasteiger partial charge in [0, 0.05) is 23.4 Å². The van der Waals surface area contributed by atoms with Crippen molar-refractivity contribution < 1.29 is 24.0 Å². The lowest BCUT2D eigenvalue weighted by atomic mass is 9.84. The van der Waals surface area contributed by atoms with E-state index in [2.05, 4.69) is 5.32 Å². The predicted molar refractivity (Wildman–Crippen MR) is 98.2 cm³/mol. The smallest absolute Gasteiger partial charge is 0.336 e. The molecule has 27 heavy (non-hydrogen) atoms. The first kappa shape index (κ1) is 19.9. The Hall–Kier alpha value is -3.42. The summed E-state index contributed by atoms with van der Waals surface area (Å²) in [5, 5.41) is 14.2.